The summed E-state index contributed by atoms with van der Waals surface area (Å²) < 4.78 is 10.5. The number of rotatable bonds is 8. The number of benzene rings is 1. The van der Waals surface area contributed by atoms with Crippen LogP contribution in [0.5, 0.6) is 11.5 Å². The average molecular weight is 348 g/mol. The molecule has 2 aromatic rings. The van der Waals surface area contributed by atoms with Crippen LogP contribution in [0.15, 0.2) is 35.0 Å². The van der Waals surface area contributed by atoms with Crippen molar-refractivity contribution in [3.8, 4) is 11.5 Å². The number of nitrogens with one attached hydrogen (secondary N) is 1. The third kappa shape index (κ3) is 4.72. The summed E-state index contributed by atoms with van der Waals surface area (Å²) in [6.07, 6.45) is 0.310. The zero-order valence-electron chi connectivity index (χ0n) is 14.5. The third-order valence-electron chi connectivity index (χ3n) is 3.86. The summed E-state index contributed by atoms with van der Waals surface area (Å²) in [5.74, 6) is 1.28. The topological polar surface area (TPSA) is 50.8 Å². The van der Waals surface area contributed by atoms with Crippen LogP contribution < -0.4 is 14.8 Å². The number of amides is 1. The molecule has 0 aliphatic rings. The maximum atomic E-state index is 12.3. The smallest absolute Gasteiger partial charge is 0.224 e. The summed E-state index contributed by atoms with van der Waals surface area (Å²) >= 11 is 1.66. The van der Waals surface area contributed by atoms with E-state index in [1.807, 2.05) is 32.3 Å². The number of hydrogen-bond donors (Lipinski definition) is 1. The Morgan fingerprint density at radius 1 is 1.21 bits per heavy atom. The molecule has 1 heterocycles. The number of carbonyl (C=O) groups is 1. The highest BCUT2D eigenvalue weighted by molar-refractivity contribution is 7.07. The van der Waals surface area contributed by atoms with Gasteiger partial charge in [0.1, 0.15) is 0 Å². The molecule has 0 unspecified atom stereocenters. The molecule has 0 aliphatic heterocycles. The SMILES string of the molecule is COc1ccc(CC(=O)NC[C@@H](c2ccsc2)N(C)C)cc1OC. The normalized spacial score (nSPS) is 12.0. The van der Waals surface area contributed by atoms with Gasteiger partial charge < -0.3 is 19.7 Å². The Morgan fingerprint density at radius 2 is 1.96 bits per heavy atom. The van der Waals surface area contributed by atoms with E-state index in [2.05, 4.69) is 27.0 Å². The van der Waals surface area contributed by atoms with Crippen LogP contribution in [0.1, 0.15) is 17.2 Å². The molecule has 1 amide bonds. The van der Waals surface area contributed by atoms with Crippen LogP contribution in [-0.4, -0.2) is 45.7 Å². The molecule has 1 aromatic heterocycles. The van der Waals surface area contributed by atoms with Gasteiger partial charge >= 0.3 is 0 Å². The maximum absolute atomic E-state index is 12.3. The van der Waals surface area contributed by atoms with Crippen molar-refractivity contribution in [2.45, 2.75) is 12.5 Å². The van der Waals surface area contributed by atoms with Crippen molar-refractivity contribution >= 4 is 17.2 Å². The van der Waals surface area contributed by atoms with E-state index in [9.17, 15) is 4.79 Å². The molecule has 0 fully saturated rings. The highest BCUT2D eigenvalue weighted by Gasteiger charge is 2.16. The fraction of sp³-hybridized carbons (Fsp3) is 0.389. The largest absolute Gasteiger partial charge is 0.493 e. The molecule has 0 saturated carbocycles. The second kappa shape index (κ2) is 8.70. The van der Waals surface area contributed by atoms with Gasteiger partial charge in [-0.2, -0.15) is 11.3 Å². The van der Waals surface area contributed by atoms with Gasteiger partial charge in [-0.15, -0.1) is 0 Å². The Bertz CT molecular complexity index is 656. The number of nitrogens with zero attached hydrogens (tertiary/aromatic N) is 1. The second-order valence-corrected chi connectivity index (χ2v) is 6.49. The monoisotopic (exact) mass is 348 g/mol. The van der Waals surface area contributed by atoms with Crippen LogP contribution >= 0.6 is 11.3 Å². The number of ether oxygens (including phenoxy) is 2. The van der Waals surface area contributed by atoms with Crippen molar-refractivity contribution in [3.63, 3.8) is 0 Å². The summed E-state index contributed by atoms with van der Waals surface area (Å²) in [6, 6.07) is 7.79. The molecule has 1 atom stereocenters. The fourth-order valence-electron chi connectivity index (χ4n) is 2.51. The van der Waals surface area contributed by atoms with Crippen LogP contribution in [0.4, 0.5) is 0 Å². The molecule has 6 heteroatoms. The van der Waals surface area contributed by atoms with Gasteiger partial charge in [0.15, 0.2) is 11.5 Å². The van der Waals surface area contributed by atoms with E-state index in [0.717, 1.165) is 5.56 Å². The number of thiophene rings is 1. The number of likely N-dealkylation sites (N-methyl/N-ethyl adjacent to an activating group) is 1. The highest BCUT2D eigenvalue weighted by atomic mass is 32.1. The van der Waals surface area contributed by atoms with E-state index in [4.69, 9.17) is 9.47 Å². The zero-order chi connectivity index (χ0) is 17.5. The predicted molar refractivity (Wildman–Crippen MR) is 97.0 cm³/mol. The Balaban J connectivity index is 1.95. The molecular weight excluding hydrogens is 324 g/mol. The second-order valence-electron chi connectivity index (χ2n) is 5.71. The number of methoxy groups -OCH3 is 2. The summed E-state index contributed by atoms with van der Waals surface area (Å²) in [7, 11) is 7.21. The van der Waals surface area contributed by atoms with Crippen LogP contribution in [0.25, 0.3) is 0 Å². The zero-order valence-corrected chi connectivity index (χ0v) is 15.4. The van der Waals surface area contributed by atoms with Crippen LogP contribution in [-0.2, 0) is 11.2 Å². The van der Waals surface area contributed by atoms with Crippen LogP contribution in [0, 0.1) is 0 Å². The maximum Gasteiger partial charge on any atom is 0.224 e. The molecule has 5 nitrogen and oxygen atoms in total. The molecule has 130 valence electrons. The lowest BCUT2D eigenvalue weighted by Gasteiger charge is -2.24. The average Bonchev–Trinajstić information content (AvgIpc) is 3.08. The molecule has 24 heavy (non-hydrogen) atoms. The number of hydrogen-bond acceptors (Lipinski definition) is 5. The molecule has 0 aliphatic carbocycles. The summed E-state index contributed by atoms with van der Waals surface area (Å²) in [6.45, 7) is 0.579. The summed E-state index contributed by atoms with van der Waals surface area (Å²) in [4.78, 5) is 14.4. The minimum Gasteiger partial charge on any atom is -0.493 e. The summed E-state index contributed by atoms with van der Waals surface area (Å²) in [5, 5.41) is 7.19. The van der Waals surface area contributed by atoms with Crippen LogP contribution in [0.3, 0.4) is 0 Å². The minimum absolute atomic E-state index is 0.00991. The summed E-state index contributed by atoms with van der Waals surface area (Å²) in [5.41, 5.74) is 2.11. The highest BCUT2D eigenvalue weighted by Crippen LogP contribution is 2.27. The first-order valence-corrected chi connectivity index (χ1v) is 8.65. The van der Waals surface area contributed by atoms with Gasteiger partial charge in [0, 0.05) is 6.54 Å². The van der Waals surface area contributed by atoms with Crippen molar-refractivity contribution in [1.29, 1.82) is 0 Å². The quantitative estimate of drug-likeness (QED) is 0.797. The van der Waals surface area contributed by atoms with E-state index in [1.54, 1.807) is 25.6 Å². The molecule has 0 spiro atoms. The molecule has 0 saturated heterocycles. The molecule has 0 bridgehead atoms. The minimum atomic E-state index is -0.00991. The van der Waals surface area contributed by atoms with Crippen molar-refractivity contribution in [3.05, 3.63) is 46.2 Å². The van der Waals surface area contributed by atoms with Crippen molar-refractivity contribution in [2.24, 2.45) is 0 Å². The Kier molecular flexibility index (Phi) is 6.63. The first-order valence-electron chi connectivity index (χ1n) is 7.71. The molecular formula is C18H24N2O3S. The van der Waals surface area contributed by atoms with Gasteiger partial charge in [-0.05, 0) is 54.2 Å². The van der Waals surface area contributed by atoms with E-state index >= 15 is 0 Å². The Morgan fingerprint density at radius 3 is 2.54 bits per heavy atom. The lowest BCUT2D eigenvalue weighted by Crippen LogP contribution is -2.35. The van der Waals surface area contributed by atoms with Gasteiger partial charge in [-0.25, -0.2) is 0 Å². The predicted octanol–water partition coefficient (Wildman–Crippen LogP) is 2.73. The third-order valence-corrected chi connectivity index (χ3v) is 4.56. The first kappa shape index (κ1) is 18.3. The fourth-order valence-corrected chi connectivity index (χ4v) is 3.22. The van der Waals surface area contributed by atoms with Crippen molar-refractivity contribution in [2.75, 3.05) is 34.9 Å². The first-order chi connectivity index (χ1) is 11.5. The standard InChI is InChI=1S/C18H24N2O3S/c1-20(2)15(14-7-8-24-12-14)11-19-18(21)10-13-5-6-16(22-3)17(9-13)23-4/h5-9,12,15H,10-11H2,1-4H3,(H,19,21)/t15-/m0/s1. The van der Waals surface area contributed by atoms with Gasteiger partial charge in [0.25, 0.3) is 0 Å². The van der Waals surface area contributed by atoms with Gasteiger partial charge in [0.05, 0.1) is 26.7 Å². The molecule has 2 rings (SSSR count). The van der Waals surface area contributed by atoms with Gasteiger partial charge in [-0.1, -0.05) is 6.07 Å². The van der Waals surface area contributed by atoms with Gasteiger partial charge in [0.2, 0.25) is 5.91 Å². The van der Waals surface area contributed by atoms with Gasteiger partial charge in [-0.3, -0.25) is 4.79 Å². The van der Waals surface area contributed by atoms with E-state index in [1.165, 1.54) is 5.56 Å². The lowest BCUT2D eigenvalue weighted by molar-refractivity contribution is -0.120. The van der Waals surface area contributed by atoms with E-state index in [-0.39, 0.29) is 11.9 Å². The molecule has 1 N–H and O–H groups in total. The number of carbonyl (C=O) groups excluding carboxylic acids is 1. The van der Waals surface area contributed by atoms with Crippen molar-refractivity contribution < 1.29 is 14.3 Å². The van der Waals surface area contributed by atoms with E-state index in [0.29, 0.717) is 24.5 Å². The molecule has 0 radical (unpaired) electrons. The lowest BCUT2D eigenvalue weighted by atomic mass is 10.1. The Hall–Kier alpha value is -2.05. The Labute approximate surface area is 147 Å². The van der Waals surface area contributed by atoms with E-state index < -0.39 is 0 Å². The van der Waals surface area contributed by atoms with Crippen molar-refractivity contribution in [1.82, 2.24) is 10.2 Å². The van der Waals surface area contributed by atoms with Crippen LogP contribution in [0.2, 0.25) is 0 Å². The molecule has 1 aromatic carbocycles.